The first-order chi connectivity index (χ1) is 19.7. The number of aliphatic hydroxyl groups is 1. The molecule has 1 saturated heterocycles. The van der Waals surface area contributed by atoms with Crippen LogP contribution in [0.1, 0.15) is 30.7 Å². The Kier molecular flexibility index (Phi) is 7.95. The van der Waals surface area contributed by atoms with Crippen LogP contribution in [0.3, 0.4) is 0 Å². The summed E-state index contributed by atoms with van der Waals surface area (Å²) in [7, 11) is 1.77. The minimum atomic E-state index is -0.847. The molecule has 0 saturated carbocycles. The Labute approximate surface area is 238 Å². The summed E-state index contributed by atoms with van der Waals surface area (Å²) >= 11 is 0. The number of aromatic nitrogens is 5. The van der Waals surface area contributed by atoms with E-state index in [2.05, 4.69) is 41.7 Å². The van der Waals surface area contributed by atoms with Crippen molar-refractivity contribution in [2.24, 2.45) is 15.8 Å². The second kappa shape index (κ2) is 11.6. The van der Waals surface area contributed by atoms with E-state index in [1.807, 2.05) is 25.4 Å². The number of piperazine rings is 1. The average Bonchev–Trinajstić information content (AvgIpc) is 3.61. The van der Waals surface area contributed by atoms with Gasteiger partial charge in [0.05, 0.1) is 24.4 Å². The van der Waals surface area contributed by atoms with Gasteiger partial charge < -0.3 is 20.6 Å². The van der Waals surface area contributed by atoms with Crippen LogP contribution in [0.4, 0.5) is 10.3 Å². The fourth-order valence-electron chi connectivity index (χ4n) is 5.03. The Bertz CT molecular complexity index is 1510. The highest BCUT2D eigenvalue weighted by Gasteiger charge is 2.27. The first-order valence-corrected chi connectivity index (χ1v) is 13.4. The number of hydrogen-bond acceptors (Lipinski definition) is 8. The van der Waals surface area contributed by atoms with E-state index in [1.165, 1.54) is 12.1 Å². The second-order valence-corrected chi connectivity index (χ2v) is 10.4. The van der Waals surface area contributed by atoms with Crippen LogP contribution in [-0.4, -0.2) is 86.3 Å². The van der Waals surface area contributed by atoms with Gasteiger partial charge in [0.1, 0.15) is 17.3 Å². The lowest BCUT2D eigenvalue weighted by molar-refractivity contribution is 0.168. The molecule has 3 N–H and O–H groups in total. The minimum Gasteiger partial charge on any atom is -0.391 e. The highest BCUT2D eigenvalue weighted by molar-refractivity contribution is 5.99. The molecule has 0 spiro atoms. The lowest BCUT2D eigenvalue weighted by Gasteiger charge is -2.36. The molecule has 11 nitrogen and oxygen atoms in total. The zero-order chi connectivity index (χ0) is 29.1. The van der Waals surface area contributed by atoms with Crippen LogP contribution >= 0.6 is 0 Å². The van der Waals surface area contributed by atoms with Crippen LogP contribution < -0.4 is 10.6 Å². The molecular weight excluding hydrogens is 523 g/mol. The third-order valence-electron chi connectivity index (χ3n) is 7.36. The monoisotopic (exact) mass is 558 g/mol. The van der Waals surface area contributed by atoms with Crippen molar-refractivity contribution in [3.63, 3.8) is 0 Å². The number of nitrogens with zero attached hydrogens (tertiary/aromatic N) is 9. The number of halogens is 1. The molecule has 3 aromatic heterocycles. The first kappa shape index (κ1) is 28.1. The van der Waals surface area contributed by atoms with E-state index in [9.17, 15) is 9.50 Å². The van der Waals surface area contributed by atoms with Crippen LogP contribution in [0, 0.1) is 5.82 Å². The van der Waals surface area contributed by atoms with E-state index >= 15 is 0 Å². The Hall–Kier alpha value is -4.42. The van der Waals surface area contributed by atoms with Crippen LogP contribution in [0.2, 0.25) is 0 Å². The standard InChI is InChI=1S/C29H35FN10O/c1-20(41)17-39-18-22(14-36-39)21-13-26(40(19-21)33-4)27(32-3)37-9-11-38(12-10-37)28-34-15-24(16-35-28)29(2,31)23-5-7-25(30)8-6-23/h5-8,13-16,18-20,41H,4,9-12,17,31H2,1-3H3/t20-,29?/m0/s1. The summed E-state index contributed by atoms with van der Waals surface area (Å²) in [4.78, 5) is 18.2. The molecule has 2 atom stereocenters. The molecule has 1 unspecified atom stereocenters. The molecule has 0 aliphatic carbocycles. The summed E-state index contributed by atoms with van der Waals surface area (Å²) < 4.78 is 16.8. The molecule has 4 heterocycles. The van der Waals surface area contributed by atoms with Crippen LogP contribution in [0.5, 0.6) is 0 Å². The molecule has 214 valence electrons. The molecule has 0 amide bonds. The second-order valence-electron chi connectivity index (χ2n) is 10.4. The Morgan fingerprint density at radius 2 is 1.76 bits per heavy atom. The summed E-state index contributed by atoms with van der Waals surface area (Å²) in [5.41, 5.74) is 9.95. The summed E-state index contributed by atoms with van der Waals surface area (Å²) in [5, 5.41) is 18.2. The molecule has 0 bridgehead atoms. The lowest BCUT2D eigenvalue weighted by Crippen LogP contribution is -2.49. The predicted octanol–water partition coefficient (Wildman–Crippen LogP) is 2.55. The van der Waals surface area contributed by atoms with Crippen molar-refractivity contribution in [3.8, 4) is 11.1 Å². The van der Waals surface area contributed by atoms with Gasteiger partial charge in [0.25, 0.3) is 0 Å². The molecule has 12 heteroatoms. The zero-order valence-electron chi connectivity index (χ0n) is 23.5. The molecule has 1 aromatic carbocycles. The number of amidine groups is 1. The van der Waals surface area contributed by atoms with E-state index in [0.29, 0.717) is 38.7 Å². The normalized spacial score (nSPS) is 16.5. The minimum absolute atomic E-state index is 0.304. The average molecular weight is 559 g/mol. The predicted molar refractivity (Wildman–Crippen MR) is 158 cm³/mol. The van der Waals surface area contributed by atoms with Crippen molar-refractivity contribution in [1.82, 2.24) is 29.3 Å². The van der Waals surface area contributed by atoms with Gasteiger partial charge in [-0.25, -0.2) is 19.0 Å². The lowest BCUT2D eigenvalue weighted by atomic mass is 9.87. The van der Waals surface area contributed by atoms with Crippen molar-refractivity contribution in [2.45, 2.75) is 32.0 Å². The number of aliphatic imine (C=N–C) groups is 1. The molecular formula is C29H35FN10O. The van der Waals surface area contributed by atoms with E-state index in [4.69, 9.17) is 5.73 Å². The van der Waals surface area contributed by atoms with E-state index < -0.39 is 11.6 Å². The van der Waals surface area contributed by atoms with Gasteiger partial charge in [0.2, 0.25) is 5.95 Å². The summed E-state index contributed by atoms with van der Waals surface area (Å²) in [6.45, 7) is 10.6. The van der Waals surface area contributed by atoms with Gasteiger partial charge in [-0.15, -0.1) is 0 Å². The molecule has 1 fully saturated rings. The van der Waals surface area contributed by atoms with Crippen molar-refractivity contribution < 1.29 is 9.50 Å². The number of anilines is 1. The maximum atomic E-state index is 13.4. The smallest absolute Gasteiger partial charge is 0.225 e. The number of nitrogens with two attached hydrogens (primary N) is 1. The molecule has 1 aliphatic rings. The zero-order valence-corrected chi connectivity index (χ0v) is 23.5. The summed E-state index contributed by atoms with van der Waals surface area (Å²) in [6.07, 6.45) is 8.57. The third kappa shape index (κ3) is 5.88. The van der Waals surface area contributed by atoms with Crippen molar-refractivity contribution in [1.29, 1.82) is 0 Å². The van der Waals surface area contributed by atoms with Crippen LogP contribution in [0.25, 0.3) is 11.1 Å². The quantitative estimate of drug-likeness (QED) is 0.251. The fraction of sp³-hybridized carbons (Fsp3) is 0.345. The molecule has 5 rings (SSSR count). The first-order valence-electron chi connectivity index (χ1n) is 13.4. The number of benzene rings is 1. The summed E-state index contributed by atoms with van der Waals surface area (Å²) in [6, 6.07) is 8.20. The highest BCUT2D eigenvalue weighted by Crippen LogP contribution is 2.27. The van der Waals surface area contributed by atoms with Gasteiger partial charge in [-0.3, -0.25) is 9.67 Å². The largest absolute Gasteiger partial charge is 0.391 e. The molecule has 41 heavy (non-hydrogen) atoms. The Balaban J connectivity index is 1.27. The topological polar surface area (TPSA) is 126 Å². The van der Waals surface area contributed by atoms with Crippen LogP contribution in [0.15, 0.2) is 71.4 Å². The highest BCUT2D eigenvalue weighted by atomic mass is 19.1. The van der Waals surface area contributed by atoms with E-state index in [0.717, 1.165) is 33.8 Å². The maximum absolute atomic E-state index is 13.4. The van der Waals surface area contributed by atoms with Gasteiger partial charge in [0.15, 0.2) is 0 Å². The number of hydrogen-bond donors (Lipinski definition) is 2. The van der Waals surface area contributed by atoms with E-state index in [-0.39, 0.29) is 5.82 Å². The SMILES string of the molecule is C=Nn1cc(-c2cnn(C[C@H](C)O)c2)cc1C(=NC)N1CCN(c2ncc(C(C)(N)c3ccc(F)cc3)cn2)CC1. The molecule has 0 radical (unpaired) electrons. The Morgan fingerprint density at radius 3 is 2.37 bits per heavy atom. The maximum Gasteiger partial charge on any atom is 0.225 e. The number of rotatable bonds is 8. The number of aliphatic hydroxyl groups excluding tert-OH is 1. The van der Waals surface area contributed by atoms with Gasteiger partial charge in [-0.1, -0.05) is 12.1 Å². The van der Waals surface area contributed by atoms with Crippen LogP contribution in [-0.2, 0) is 12.1 Å². The van der Waals surface area contributed by atoms with E-state index in [1.54, 1.807) is 54.1 Å². The van der Waals surface area contributed by atoms with Gasteiger partial charge in [-0.05, 0) is 37.6 Å². The van der Waals surface area contributed by atoms with Gasteiger partial charge in [-0.2, -0.15) is 10.2 Å². The molecule has 1 aliphatic heterocycles. The third-order valence-corrected chi connectivity index (χ3v) is 7.36. The molecule has 4 aromatic rings. The fourth-order valence-corrected chi connectivity index (χ4v) is 5.03. The van der Waals surface area contributed by atoms with Gasteiger partial charge >= 0.3 is 0 Å². The Morgan fingerprint density at radius 1 is 1.07 bits per heavy atom. The van der Waals surface area contributed by atoms with Crippen molar-refractivity contribution in [3.05, 3.63) is 84.0 Å². The van der Waals surface area contributed by atoms with Crippen molar-refractivity contribution >= 4 is 18.5 Å². The van der Waals surface area contributed by atoms with Crippen molar-refractivity contribution in [2.75, 3.05) is 38.1 Å². The summed E-state index contributed by atoms with van der Waals surface area (Å²) in [5.74, 6) is 1.14. The van der Waals surface area contributed by atoms with Gasteiger partial charge in [0, 0.05) is 81.4 Å².